The van der Waals surface area contributed by atoms with Gasteiger partial charge in [0, 0.05) is 23.1 Å². The predicted molar refractivity (Wildman–Crippen MR) is 88.3 cm³/mol. The SMILES string of the molecule is COc1cccc(O[C@@H](C)C(=O)NCCSC(C)(C)C)c1. The van der Waals surface area contributed by atoms with Crippen LogP contribution in [0.1, 0.15) is 27.7 Å². The minimum absolute atomic E-state index is 0.104. The monoisotopic (exact) mass is 311 g/mol. The zero-order valence-corrected chi connectivity index (χ0v) is 14.3. The van der Waals surface area contributed by atoms with Crippen LogP contribution in [-0.4, -0.2) is 36.2 Å². The number of thioether (sulfide) groups is 1. The molecule has 1 atom stereocenters. The van der Waals surface area contributed by atoms with Crippen molar-refractivity contribution >= 4 is 17.7 Å². The number of hydrogen-bond donors (Lipinski definition) is 1. The van der Waals surface area contributed by atoms with Crippen LogP contribution in [0.3, 0.4) is 0 Å². The molecule has 0 unspecified atom stereocenters. The number of benzene rings is 1. The fourth-order valence-corrected chi connectivity index (χ4v) is 2.42. The number of methoxy groups -OCH3 is 1. The molecule has 1 N–H and O–H groups in total. The number of ether oxygens (including phenoxy) is 2. The molecule has 0 heterocycles. The third-order valence-corrected chi connectivity index (χ3v) is 3.93. The fraction of sp³-hybridized carbons (Fsp3) is 0.562. The van der Waals surface area contributed by atoms with Crippen molar-refractivity contribution < 1.29 is 14.3 Å². The van der Waals surface area contributed by atoms with E-state index in [-0.39, 0.29) is 10.7 Å². The lowest BCUT2D eigenvalue weighted by Gasteiger charge is -2.18. The van der Waals surface area contributed by atoms with Crippen LogP contribution in [0.15, 0.2) is 24.3 Å². The summed E-state index contributed by atoms with van der Waals surface area (Å²) in [6.07, 6.45) is -0.531. The Hall–Kier alpha value is -1.36. The highest BCUT2D eigenvalue weighted by molar-refractivity contribution is 8.00. The standard InChI is InChI=1S/C16H25NO3S/c1-12(15(18)17-9-10-21-16(2,3)4)20-14-8-6-7-13(11-14)19-5/h6-8,11-12H,9-10H2,1-5H3,(H,17,18)/t12-/m0/s1. The van der Waals surface area contributed by atoms with Gasteiger partial charge in [-0.3, -0.25) is 4.79 Å². The predicted octanol–water partition coefficient (Wildman–Crippen LogP) is 3.11. The summed E-state index contributed by atoms with van der Waals surface area (Å²) < 4.78 is 11.0. The summed E-state index contributed by atoms with van der Waals surface area (Å²) in [7, 11) is 1.60. The van der Waals surface area contributed by atoms with Gasteiger partial charge in [-0.15, -0.1) is 0 Å². The molecule has 0 aromatic heterocycles. The Balaban J connectivity index is 2.37. The topological polar surface area (TPSA) is 47.6 Å². The Morgan fingerprint density at radius 1 is 1.33 bits per heavy atom. The van der Waals surface area contributed by atoms with Crippen LogP contribution in [0.2, 0.25) is 0 Å². The average Bonchev–Trinajstić information content (AvgIpc) is 2.42. The van der Waals surface area contributed by atoms with Crippen molar-refractivity contribution in [3.8, 4) is 11.5 Å². The first-order chi connectivity index (χ1) is 9.81. The molecule has 4 nitrogen and oxygen atoms in total. The Bertz CT molecular complexity index is 457. The molecule has 0 saturated carbocycles. The first-order valence-corrected chi connectivity index (χ1v) is 8.03. The van der Waals surface area contributed by atoms with Crippen molar-refractivity contribution in [3.63, 3.8) is 0 Å². The van der Waals surface area contributed by atoms with Crippen molar-refractivity contribution in [1.82, 2.24) is 5.32 Å². The lowest BCUT2D eigenvalue weighted by Crippen LogP contribution is -2.37. The molecule has 21 heavy (non-hydrogen) atoms. The van der Waals surface area contributed by atoms with Crippen molar-refractivity contribution in [3.05, 3.63) is 24.3 Å². The normalized spacial score (nSPS) is 12.6. The van der Waals surface area contributed by atoms with Crippen LogP contribution in [-0.2, 0) is 4.79 Å². The highest BCUT2D eigenvalue weighted by Gasteiger charge is 2.15. The molecule has 0 fully saturated rings. The van der Waals surface area contributed by atoms with Gasteiger partial charge in [-0.1, -0.05) is 26.8 Å². The van der Waals surface area contributed by atoms with Crippen molar-refractivity contribution in [1.29, 1.82) is 0 Å². The Kier molecular flexibility index (Phi) is 6.89. The van der Waals surface area contributed by atoms with E-state index in [2.05, 4.69) is 26.1 Å². The Morgan fingerprint density at radius 3 is 2.62 bits per heavy atom. The van der Waals surface area contributed by atoms with E-state index in [1.807, 2.05) is 30.0 Å². The van der Waals surface area contributed by atoms with E-state index in [0.29, 0.717) is 18.0 Å². The Morgan fingerprint density at radius 2 is 2.00 bits per heavy atom. The first-order valence-electron chi connectivity index (χ1n) is 7.04. The molecule has 0 radical (unpaired) electrons. The van der Waals surface area contributed by atoms with Crippen molar-refractivity contribution in [2.75, 3.05) is 19.4 Å². The van der Waals surface area contributed by atoms with Gasteiger partial charge in [-0.2, -0.15) is 11.8 Å². The summed E-state index contributed by atoms with van der Waals surface area (Å²) in [6, 6.07) is 7.24. The zero-order valence-electron chi connectivity index (χ0n) is 13.4. The number of carbonyl (C=O) groups is 1. The number of nitrogens with one attached hydrogen (secondary N) is 1. The molecule has 1 aromatic rings. The van der Waals surface area contributed by atoms with Crippen molar-refractivity contribution in [2.45, 2.75) is 38.5 Å². The number of carbonyl (C=O) groups excluding carboxylic acids is 1. The maximum atomic E-state index is 11.9. The molecule has 0 aliphatic rings. The summed E-state index contributed by atoms with van der Waals surface area (Å²) in [5, 5.41) is 2.89. The van der Waals surface area contributed by atoms with Gasteiger partial charge in [-0.25, -0.2) is 0 Å². The lowest BCUT2D eigenvalue weighted by molar-refractivity contribution is -0.127. The molecule has 0 saturated heterocycles. The molecule has 1 rings (SSSR count). The molecular weight excluding hydrogens is 286 g/mol. The fourth-order valence-electron chi connectivity index (χ4n) is 1.61. The second kappa shape index (κ2) is 8.17. The van der Waals surface area contributed by atoms with Crippen LogP contribution < -0.4 is 14.8 Å². The van der Waals surface area contributed by atoms with Gasteiger partial charge >= 0.3 is 0 Å². The van der Waals surface area contributed by atoms with E-state index >= 15 is 0 Å². The largest absolute Gasteiger partial charge is 0.497 e. The first kappa shape index (κ1) is 17.7. The van der Waals surface area contributed by atoms with Gasteiger partial charge in [-0.05, 0) is 19.1 Å². The third kappa shape index (κ3) is 7.27. The van der Waals surface area contributed by atoms with Gasteiger partial charge < -0.3 is 14.8 Å². The van der Waals surface area contributed by atoms with E-state index in [9.17, 15) is 4.79 Å². The quantitative estimate of drug-likeness (QED) is 0.786. The molecular formula is C16H25NO3S. The maximum Gasteiger partial charge on any atom is 0.260 e. The lowest BCUT2D eigenvalue weighted by atomic mass is 10.3. The van der Waals surface area contributed by atoms with E-state index in [1.165, 1.54) is 0 Å². The van der Waals surface area contributed by atoms with E-state index in [1.54, 1.807) is 20.1 Å². The minimum Gasteiger partial charge on any atom is -0.497 e. The smallest absolute Gasteiger partial charge is 0.260 e. The molecule has 1 amide bonds. The van der Waals surface area contributed by atoms with E-state index < -0.39 is 6.10 Å². The van der Waals surface area contributed by atoms with Crippen LogP contribution in [0.5, 0.6) is 11.5 Å². The third-order valence-electron chi connectivity index (χ3n) is 2.66. The summed E-state index contributed by atoms with van der Waals surface area (Å²) in [5.41, 5.74) is 0. The summed E-state index contributed by atoms with van der Waals surface area (Å²) >= 11 is 1.82. The molecule has 118 valence electrons. The molecule has 5 heteroatoms. The summed E-state index contributed by atoms with van der Waals surface area (Å²) in [5.74, 6) is 2.12. The van der Waals surface area contributed by atoms with Gasteiger partial charge in [0.15, 0.2) is 6.10 Å². The summed E-state index contributed by atoms with van der Waals surface area (Å²) in [4.78, 5) is 11.9. The van der Waals surface area contributed by atoms with E-state index in [0.717, 1.165) is 5.75 Å². The van der Waals surface area contributed by atoms with Crippen LogP contribution in [0, 0.1) is 0 Å². The number of hydrogen-bond acceptors (Lipinski definition) is 4. The van der Waals surface area contributed by atoms with Gasteiger partial charge in [0.25, 0.3) is 5.91 Å². The van der Waals surface area contributed by atoms with Crippen LogP contribution in [0.4, 0.5) is 0 Å². The van der Waals surface area contributed by atoms with Gasteiger partial charge in [0.2, 0.25) is 0 Å². The van der Waals surface area contributed by atoms with E-state index in [4.69, 9.17) is 9.47 Å². The molecule has 0 aliphatic heterocycles. The molecule has 0 spiro atoms. The van der Waals surface area contributed by atoms with Crippen LogP contribution >= 0.6 is 11.8 Å². The van der Waals surface area contributed by atoms with Crippen LogP contribution in [0.25, 0.3) is 0 Å². The molecule has 0 aliphatic carbocycles. The van der Waals surface area contributed by atoms with Crippen molar-refractivity contribution in [2.24, 2.45) is 0 Å². The highest BCUT2D eigenvalue weighted by atomic mass is 32.2. The zero-order chi connectivity index (χ0) is 15.9. The molecule has 0 bridgehead atoms. The van der Waals surface area contributed by atoms with Gasteiger partial charge in [0.05, 0.1) is 7.11 Å². The highest BCUT2D eigenvalue weighted by Crippen LogP contribution is 2.22. The summed E-state index contributed by atoms with van der Waals surface area (Å²) in [6.45, 7) is 8.87. The maximum absolute atomic E-state index is 11.9. The number of amides is 1. The molecule has 1 aromatic carbocycles. The minimum atomic E-state index is -0.531. The second-order valence-corrected chi connectivity index (χ2v) is 7.61. The second-order valence-electron chi connectivity index (χ2n) is 5.69. The van der Waals surface area contributed by atoms with Gasteiger partial charge in [0.1, 0.15) is 11.5 Å². The number of rotatable bonds is 7. The Labute approximate surface area is 131 Å². The average molecular weight is 311 g/mol.